The highest BCUT2D eigenvalue weighted by atomic mass is 16.4. The number of nitrogens with zero attached hydrogens (tertiary/aromatic N) is 2. The highest BCUT2D eigenvalue weighted by Gasteiger charge is 2.39. The average molecular weight is 278 g/mol. The van der Waals surface area contributed by atoms with E-state index in [2.05, 4.69) is 4.98 Å². The third kappa shape index (κ3) is 2.76. The second kappa shape index (κ2) is 5.28. The smallest absolute Gasteiger partial charge is 0.337 e. The van der Waals surface area contributed by atoms with E-state index in [9.17, 15) is 14.4 Å². The normalized spacial score (nSPS) is 15.4. The van der Waals surface area contributed by atoms with Crippen LogP contribution in [-0.2, 0) is 4.79 Å². The maximum Gasteiger partial charge on any atom is 0.337 e. The maximum atomic E-state index is 12.3. The first kappa shape index (κ1) is 14.0. The minimum atomic E-state index is -1.13. The van der Waals surface area contributed by atoms with E-state index in [4.69, 9.17) is 10.2 Å². The van der Waals surface area contributed by atoms with Gasteiger partial charge in [0.1, 0.15) is 11.7 Å². The van der Waals surface area contributed by atoms with Crippen LogP contribution in [0.1, 0.15) is 40.6 Å². The van der Waals surface area contributed by atoms with E-state index in [1.165, 1.54) is 24.0 Å². The molecule has 1 heterocycles. The van der Waals surface area contributed by atoms with Crippen LogP contribution in [-0.4, -0.2) is 50.0 Å². The molecule has 1 fully saturated rings. The zero-order valence-corrected chi connectivity index (χ0v) is 10.8. The molecule has 106 valence electrons. The molecular formula is C13H14N2O5. The molecule has 1 atom stereocenters. The van der Waals surface area contributed by atoms with E-state index >= 15 is 0 Å². The zero-order chi connectivity index (χ0) is 14.9. The number of carbonyl (C=O) groups is 3. The highest BCUT2D eigenvalue weighted by Crippen LogP contribution is 2.30. The van der Waals surface area contributed by atoms with Crippen LogP contribution in [0.2, 0.25) is 0 Å². The lowest BCUT2D eigenvalue weighted by atomic mass is 10.2. The van der Waals surface area contributed by atoms with E-state index in [0.29, 0.717) is 0 Å². The standard InChI is InChI=1S/C13H14N2O5/c1-7(12(17)18)15(9-3-4-9)11(16)10-5-2-8(6-14-10)13(19)20/h2,5-7,9H,3-4H2,1H3,(H,17,18)(H,19,20). The largest absolute Gasteiger partial charge is 0.480 e. The Bertz CT molecular complexity index is 550. The van der Waals surface area contributed by atoms with E-state index in [1.54, 1.807) is 0 Å². The summed E-state index contributed by atoms with van der Waals surface area (Å²) in [4.78, 5) is 39.2. The number of hydrogen-bond acceptors (Lipinski definition) is 4. The Balaban J connectivity index is 2.23. The van der Waals surface area contributed by atoms with E-state index in [1.807, 2.05) is 0 Å². The molecule has 7 heteroatoms. The van der Waals surface area contributed by atoms with Crippen molar-refractivity contribution in [3.63, 3.8) is 0 Å². The van der Waals surface area contributed by atoms with Gasteiger partial charge in [-0.2, -0.15) is 0 Å². The Hall–Kier alpha value is -2.44. The summed E-state index contributed by atoms with van der Waals surface area (Å²) in [6, 6.07) is 1.57. The fourth-order valence-electron chi connectivity index (χ4n) is 1.91. The number of carboxylic acids is 2. The monoisotopic (exact) mass is 278 g/mol. The number of hydrogen-bond donors (Lipinski definition) is 2. The summed E-state index contributed by atoms with van der Waals surface area (Å²) < 4.78 is 0. The number of pyridine rings is 1. The molecule has 0 aromatic carbocycles. The van der Waals surface area contributed by atoms with Crippen molar-refractivity contribution in [1.29, 1.82) is 0 Å². The molecule has 2 rings (SSSR count). The summed E-state index contributed by atoms with van der Waals surface area (Å²) in [5.41, 5.74) is 0.0285. The molecule has 1 aliphatic carbocycles. The third-order valence-corrected chi connectivity index (χ3v) is 3.18. The van der Waals surface area contributed by atoms with Gasteiger partial charge in [0.15, 0.2) is 0 Å². The Kier molecular flexibility index (Phi) is 3.69. The van der Waals surface area contributed by atoms with Crippen molar-refractivity contribution in [3.8, 4) is 0 Å². The lowest BCUT2D eigenvalue weighted by Crippen LogP contribution is -2.45. The summed E-state index contributed by atoms with van der Waals surface area (Å²) in [6.07, 6.45) is 2.64. The molecule has 2 N–H and O–H groups in total. The third-order valence-electron chi connectivity index (χ3n) is 3.18. The van der Waals surface area contributed by atoms with Gasteiger partial charge in [0, 0.05) is 12.2 Å². The molecule has 0 aliphatic heterocycles. The van der Waals surface area contributed by atoms with Crippen molar-refractivity contribution >= 4 is 17.8 Å². The molecule has 0 bridgehead atoms. The van der Waals surface area contributed by atoms with Gasteiger partial charge in [-0.05, 0) is 31.9 Å². The van der Waals surface area contributed by atoms with Gasteiger partial charge in [0.25, 0.3) is 5.91 Å². The van der Waals surface area contributed by atoms with Crippen LogP contribution in [0.5, 0.6) is 0 Å². The summed E-state index contributed by atoms with van der Waals surface area (Å²) in [5, 5.41) is 17.8. The lowest BCUT2D eigenvalue weighted by molar-refractivity contribution is -0.141. The Labute approximate surface area is 114 Å². The van der Waals surface area contributed by atoms with Crippen molar-refractivity contribution in [2.24, 2.45) is 0 Å². The quantitative estimate of drug-likeness (QED) is 0.827. The maximum absolute atomic E-state index is 12.3. The molecule has 0 spiro atoms. The topological polar surface area (TPSA) is 108 Å². The molecule has 1 aromatic rings. The molecular weight excluding hydrogens is 264 g/mol. The first-order valence-corrected chi connectivity index (χ1v) is 6.16. The van der Waals surface area contributed by atoms with Gasteiger partial charge < -0.3 is 15.1 Å². The van der Waals surface area contributed by atoms with Crippen molar-refractivity contribution in [2.45, 2.75) is 31.8 Å². The number of rotatable bonds is 5. The number of aromatic carboxylic acids is 1. The zero-order valence-electron chi connectivity index (χ0n) is 10.8. The van der Waals surface area contributed by atoms with Gasteiger partial charge in [0.05, 0.1) is 5.56 Å². The molecule has 20 heavy (non-hydrogen) atoms. The predicted octanol–water partition coefficient (Wildman–Crippen LogP) is 0.858. The van der Waals surface area contributed by atoms with Gasteiger partial charge in [-0.25, -0.2) is 9.59 Å². The van der Waals surface area contributed by atoms with Crippen molar-refractivity contribution in [1.82, 2.24) is 9.88 Å². The molecule has 1 aromatic heterocycles. The van der Waals surface area contributed by atoms with E-state index in [0.717, 1.165) is 19.0 Å². The van der Waals surface area contributed by atoms with Crippen LogP contribution >= 0.6 is 0 Å². The molecule has 7 nitrogen and oxygen atoms in total. The fourth-order valence-corrected chi connectivity index (χ4v) is 1.91. The number of amides is 1. The number of carbonyl (C=O) groups excluding carboxylic acids is 1. The summed E-state index contributed by atoms with van der Waals surface area (Å²) >= 11 is 0. The molecule has 0 radical (unpaired) electrons. The van der Waals surface area contributed by atoms with Crippen LogP contribution < -0.4 is 0 Å². The molecule has 1 amide bonds. The summed E-state index contributed by atoms with van der Waals surface area (Å²) in [7, 11) is 0. The van der Waals surface area contributed by atoms with Crippen molar-refractivity contribution in [3.05, 3.63) is 29.6 Å². The van der Waals surface area contributed by atoms with Crippen LogP contribution in [0.4, 0.5) is 0 Å². The van der Waals surface area contributed by atoms with Crippen molar-refractivity contribution in [2.75, 3.05) is 0 Å². The highest BCUT2D eigenvalue weighted by molar-refractivity contribution is 5.96. The second-order valence-electron chi connectivity index (χ2n) is 4.70. The minimum absolute atomic E-state index is 0.0224. The van der Waals surface area contributed by atoms with Gasteiger partial charge in [0.2, 0.25) is 0 Å². The number of aromatic nitrogens is 1. The van der Waals surface area contributed by atoms with E-state index < -0.39 is 23.9 Å². The Morgan fingerprint density at radius 2 is 1.95 bits per heavy atom. The predicted molar refractivity (Wildman–Crippen MR) is 67.5 cm³/mol. The van der Waals surface area contributed by atoms with Crippen LogP contribution in [0, 0.1) is 0 Å². The van der Waals surface area contributed by atoms with Gasteiger partial charge in [-0.1, -0.05) is 0 Å². The molecule has 0 saturated heterocycles. The van der Waals surface area contributed by atoms with Gasteiger partial charge >= 0.3 is 11.9 Å². The fraction of sp³-hybridized carbons (Fsp3) is 0.385. The second-order valence-corrected chi connectivity index (χ2v) is 4.70. The first-order chi connectivity index (χ1) is 9.41. The molecule has 1 saturated carbocycles. The molecule has 1 unspecified atom stereocenters. The Morgan fingerprint density at radius 3 is 2.35 bits per heavy atom. The first-order valence-electron chi connectivity index (χ1n) is 6.16. The van der Waals surface area contributed by atoms with Crippen LogP contribution in [0.15, 0.2) is 18.3 Å². The minimum Gasteiger partial charge on any atom is -0.480 e. The van der Waals surface area contributed by atoms with Crippen LogP contribution in [0.25, 0.3) is 0 Å². The van der Waals surface area contributed by atoms with Gasteiger partial charge in [-0.3, -0.25) is 9.78 Å². The van der Waals surface area contributed by atoms with Gasteiger partial charge in [-0.15, -0.1) is 0 Å². The lowest BCUT2D eigenvalue weighted by Gasteiger charge is -2.26. The SMILES string of the molecule is CC(C(=O)O)N(C(=O)c1ccc(C(=O)O)cn1)C1CC1. The number of aliphatic carboxylic acids is 1. The Morgan fingerprint density at radius 1 is 1.30 bits per heavy atom. The van der Waals surface area contributed by atoms with Crippen molar-refractivity contribution < 1.29 is 24.6 Å². The number of carboxylic acid groups (broad SMARTS) is 2. The molecule has 1 aliphatic rings. The summed E-state index contributed by atoms with van der Waals surface area (Å²) in [5.74, 6) is -2.69. The van der Waals surface area contributed by atoms with Crippen LogP contribution in [0.3, 0.4) is 0 Å². The van der Waals surface area contributed by atoms with E-state index in [-0.39, 0.29) is 17.3 Å². The summed E-state index contributed by atoms with van der Waals surface area (Å²) in [6.45, 7) is 1.45. The average Bonchev–Trinajstić information content (AvgIpc) is 3.23.